The quantitative estimate of drug-likeness (QED) is 0.729. The Labute approximate surface area is 157 Å². The van der Waals surface area contributed by atoms with Crippen LogP contribution < -0.4 is 15.8 Å². The van der Waals surface area contributed by atoms with Gasteiger partial charge in [0.1, 0.15) is 12.4 Å². The summed E-state index contributed by atoms with van der Waals surface area (Å²) in [5.41, 5.74) is 6.23. The van der Waals surface area contributed by atoms with Crippen LogP contribution in [0.3, 0.4) is 0 Å². The molecule has 0 bridgehead atoms. The molecule has 7 heteroatoms. The van der Waals surface area contributed by atoms with E-state index in [1.165, 1.54) is 0 Å². The number of imide groups is 1. The van der Waals surface area contributed by atoms with Crippen molar-refractivity contribution in [3.8, 4) is 5.75 Å². The molecule has 3 amide bonds. The maximum Gasteiger partial charge on any atom is 0.338 e. The van der Waals surface area contributed by atoms with Gasteiger partial charge in [0, 0.05) is 0 Å². The van der Waals surface area contributed by atoms with Gasteiger partial charge in [-0.3, -0.25) is 10.1 Å². The van der Waals surface area contributed by atoms with E-state index < -0.39 is 24.0 Å². The van der Waals surface area contributed by atoms with Gasteiger partial charge in [-0.1, -0.05) is 44.2 Å². The monoisotopic (exact) mass is 370 g/mol. The number of urea groups is 1. The van der Waals surface area contributed by atoms with Gasteiger partial charge >= 0.3 is 12.0 Å². The molecule has 0 fully saturated rings. The van der Waals surface area contributed by atoms with E-state index in [0.717, 1.165) is 5.56 Å². The maximum atomic E-state index is 12.3. The van der Waals surface area contributed by atoms with Crippen LogP contribution in [0, 0.1) is 5.92 Å². The van der Waals surface area contributed by atoms with Gasteiger partial charge in [-0.05, 0) is 35.7 Å². The number of primary amides is 1. The van der Waals surface area contributed by atoms with E-state index in [4.69, 9.17) is 15.2 Å². The first-order valence-electron chi connectivity index (χ1n) is 8.45. The van der Waals surface area contributed by atoms with Gasteiger partial charge in [0.2, 0.25) is 0 Å². The van der Waals surface area contributed by atoms with Crippen molar-refractivity contribution in [1.29, 1.82) is 0 Å². The van der Waals surface area contributed by atoms with Crippen LogP contribution in [0.2, 0.25) is 0 Å². The van der Waals surface area contributed by atoms with Gasteiger partial charge in [-0.15, -0.1) is 0 Å². The van der Waals surface area contributed by atoms with Crippen molar-refractivity contribution >= 4 is 17.9 Å². The van der Waals surface area contributed by atoms with Crippen molar-refractivity contribution in [2.45, 2.75) is 26.6 Å². The third kappa shape index (κ3) is 6.14. The Bertz CT molecular complexity index is 788. The largest absolute Gasteiger partial charge is 0.489 e. The average molecular weight is 370 g/mol. The van der Waals surface area contributed by atoms with Crippen LogP contribution in [-0.4, -0.2) is 24.0 Å². The molecule has 7 nitrogen and oxygen atoms in total. The van der Waals surface area contributed by atoms with E-state index >= 15 is 0 Å². The lowest BCUT2D eigenvalue weighted by Crippen LogP contribution is -2.45. The fraction of sp³-hybridized carbons (Fsp3) is 0.250. The molecular formula is C20H22N2O5. The van der Waals surface area contributed by atoms with E-state index in [1.54, 1.807) is 38.1 Å². The number of carbonyl (C=O) groups excluding carboxylic acids is 3. The van der Waals surface area contributed by atoms with Gasteiger partial charge < -0.3 is 15.2 Å². The van der Waals surface area contributed by atoms with Gasteiger partial charge in [0.15, 0.2) is 6.10 Å². The van der Waals surface area contributed by atoms with Crippen molar-refractivity contribution in [3.63, 3.8) is 0 Å². The SMILES string of the molecule is CC(C)[C@@H](OC(=O)c1ccc(OCc2ccccc2)cc1)C(=O)NC(N)=O. The number of hydrogen-bond acceptors (Lipinski definition) is 5. The summed E-state index contributed by atoms with van der Waals surface area (Å²) in [4.78, 5) is 35.0. The van der Waals surface area contributed by atoms with Crippen LogP contribution in [0.4, 0.5) is 4.79 Å². The summed E-state index contributed by atoms with van der Waals surface area (Å²) in [6.07, 6.45) is -1.13. The highest BCUT2D eigenvalue weighted by Crippen LogP contribution is 2.17. The molecule has 3 N–H and O–H groups in total. The van der Waals surface area contributed by atoms with Crippen molar-refractivity contribution in [2.75, 3.05) is 0 Å². The molecule has 2 rings (SSSR count). The maximum absolute atomic E-state index is 12.3. The molecule has 2 aromatic rings. The van der Waals surface area contributed by atoms with E-state index in [2.05, 4.69) is 0 Å². The zero-order valence-electron chi connectivity index (χ0n) is 15.2. The summed E-state index contributed by atoms with van der Waals surface area (Å²) in [5.74, 6) is -1.17. The third-order valence-corrected chi connectivity index (χ3v) is 3.68. The highest BCUT2D eigenvalue weighted by atomic mass is 16.5. The molecule has 0 saturated carbocycles. The third-order valence-electron chi connectivity index (χ3n) is 3.68. The van der Waals surface area contributed by atoms with Crippen LogP contribution in [0.5, 0.6) is 5.75 Å². The molecule has 2 aromatic carbocycles. The predicted octanol–water partition coefficient (Wildman–Crippen LogP) is 2.64. The van der Waals surface area contributed by atoms with E-state index in [1.807, 2.05) is 35.6 Å². The predicted molar refractivity (Wildman–Crippen MR) is 99.0 cm³/mol. The standard InChI is InChI=1S/C20H22N2O5/c1-13(2)17(18(23)22-20(21)25)27-19(24)15-8-10-16(11-9-15)26-12-14-6-4-3-5-7-14/h3-11,13,17H,12H2,1-2H3,(H3,21,22,23,25)/t17-/m1/s1. The highest BCUT2D eigenvalue weighted by molar-refractivity contribution is 5.98. The first kappa shape index (κ1) is 20.0. The minimum Gasteiger partial charge on any atom is -0.489 e. The minimum atomic E-state index is -1.13. The first-order chi connectivity index (χ1) is 12.9. The minimum absolute atomic E-state index is 0.264. The molecule has 0 aromatic heterocycles. The number of nitrogens with two attached hydrogens (primary N) is 1. The summed E-state index contributed by atoms with van der Waals surface area (Å²) in [6.45, 7) is 3.80. The van der Waals surface area contributed by atoms with Gasteiger partial charge in [0.05, 0.1) is 5.56 Å². The molecule has 0 aliphatic rings. The van der Waals surface area contributed by atoms with Crippen molar-refractivity contribution in [1.82, 2.24) is 5.32 Å². The van der Waals surface area contributed by atoms with Crippen molar-refractivity contribution < 1.29 is 23.9 Å². The summed E-state index contributed by atoms with van der Waals surface area (Å²) in [6, 6.07) is 15.1. The van der Waals surface area contributed by atoms with Crippen molar-refractivity contribution in [2.24, 2.45) is 11.7 Å². The summed E-state index contributed by atoms with van der Waals surface area (Å²) >= 11 is 0. The Morgan fingerprint density at radius 3 is 2.19 bits per heavy atom. The zero-order valence-corrected chi connectivity index (χ0v) is 15.2. The Morgan fingerprint density at radius 2 is 1.63 bits per heavy atom. The van der Waals surface area contributed by atoms with E-state index in [-0.39, 0.29) is 11.5 Å². The number of rotatable bonds is 7. The van der Waals surface area contributed by atoms with Gasteiger partial charge in [0.25, 0.3) is 5.91 Å². The average Bonchev–Trinajstić information content (AvgIpc) is 2.64. The Balaban J connectivity index is 1.97. The second-order valence-electron chi connectivity index (χ2n) is 6.22. The Morgan fingerprint density at radius 1 is 1.00 bits per heavy atom. The number of benzene rings is 2. The summed E-state index contributed by atoms with van der Waals surface area (Å²) in [7, 11) is 0. The fourth-order valence-corrected chi connectivity index (χ4v) is 2.30. The molecule has 142 valence electrons. The van der Waals surface area contributed by atoms with Crippen LogP contribution in [-0.2, 0) is 16.1 Å². The summed E-state index contributed by atoms with van der Waals surface area (Å²) in [5, 5.41) is 1.93. The second-order valence-corrected chi connectivity index (χ2v) is 6.22. The van der Waals surface area contributed by atoms with Crippen LogP contribution in [0.15, 0.2) is 54.6 Å². The van der Waals surface area contributed by atoms with Crippen LogP contribution in [0.1, 0.15) is 29.8 Å². The molecule has 0 saturated heterocycles. The Kier molecular flexibility index (Phi) is 6.93. The summed E-state index contributed by atoms with van der Waals surface area (Å²) < 4.78 is 10.9. The number of carbonyl (C=O) groups is 3. The number of nitrogens with one attached hydrogen (secondary N) is 1. The fourth-order valence-electron chi connectivity index (χ4n) is 2.30. The van der Waals surface area contributed by atoms with Gasteiger partial charge in [-0.25, -0.2) is 9.59 Å². The van der Waals surface area contributed by atoms with E-state index in [0.29, 0.717) is 12.4 Å². The lowest BCUT2D eigenvalue weighted by atomic mass is 10.1. The zero-order chi connectivity index (χ0) is 19.8. The normalized spacial score (nSPS) is 11.5. The lowest BCUT2D eigenvalue weighted by molar-refractivity contribution is -0.130. The molecule has 0 heterocycles. The number of amides is 3. The number of hydrogen-bond donors (Lipinski definition) is 2. The molecule has 0 unspecified atom stereocenters. The number of esters is 1. The van der Waals surface area contributed by atoms with Gasteiger partial charge in [-0.2, -0.15) is 0 Å². The molecule has 1 atom stereocenters. The lowest BCUT2D eigenvalue weighted by Gasteiger charge is -2.19. The topological polar surface area (TPSA) is 108 Å². The van der Waals surface area contributed by atoms with Crippen LogP contribution in [0.25, 0.3) is 0 Å². The molecule has 0 radical (unpaired) electrons. The second kappa shape index (κ2) is 9.38. The molecule has 0 aliphatic heterocycles. The first-order valence-corrected chi connectivity index (χ1v) is 8.45. The van der Waals surface area contributed by atoms with Crippen molar-refractivity contribution in [3.05, 3.63) is 65.7 Å². The molecule has 27 heavy (non-hydrogen) atoms. The molecule has 0 spiro atoms. The molecular weight excluding hydrogens is 348 g/mol. The molecule has 0 aliphatic carbocycles. The smallest absolute Gasteiger partial charge is 0.338 e. The van der Waals surface area contributed by atoms with E-state index in [9.17, 15) is 14.4 Å². The number of ether oxygens (including phenoxy) is 2. The Hall–Kier alpha value is -3.35. The highest BCUT2D eigenvalue weighted by Gasteiger charge is 2.27. The van der Waals surface area contributed by atoms with Crippen LogP contribution >= 0.6 is 0 Å².